The van der Waals surface area contributed by atoms with Gasteiger partial charge in [0.1, 0.15) is 0 Å². The molecule has 0 atom stereocenters. The molecule has 8 heterocycles. The van der Waals surface area contributed by atoms with Gasteiger partial charge in [-0.25, -0.2) is 8.42 Å². The van der Waals surface area contributed by atoms with Gasteiger partial charge in [0, 0.05) is 204 Å². The third kappa shape index (κ3) is 25.8. The fourth-order valence-electron chi connectivity index (χ4n) is 14.6. The molecule has 0 spiro atoms. The first-order chi connectivity index (χ1) is 63.8. The summed E-state index contributed by atoms with van der Waals surface area (Å²) >= 11 is 50.7. The Hall–Kier alpha value is -12.3. The lowest BCUT2D eigenvalue weighted by molar-refractivity contribution is -0.130. The van der Waals surface area contributed by atoms with Gasteiger partial charge < -0.3 is 55.6 Å². The Kier molecular flexibility index (Phi) is 33.6. The van der Waals surface area contributed by atoms with Crippen LogP contribution in [-0.4, -0.2) is 245 Å². The highest BCUT2D eigenvalue weighted by molar-refractivity contribution is 7.88. The van der Waals surface area contributed by atoms with Crippen molar-refractivity contribution in [3.63, 3.8) is 0 Å². The number of nitrogens with one attached hydrogen (secondary N) is 4. The second kappa shape index (κ2) is 45.4. The van der Waals surface area contributed by atoms with E-state index in [0.717, 1.165) is 32.4 Å². The molecule has 684 valence electrons. The number of pyridine rings is 4. The highest BCUT2D eigenvalue weighted by atomic mass is 35.5. The monoisotopic (exact) mass is 1960 g/mol. The van der Waals surface area contributed by atoms with E-state index in [-0.39, 0.29) is 110 Å². The number of hydrogen-bond acceptors (Lipinski definition) is 17. The molecule has 4 saturated heterocycles. The second-order valence-electron chi connectivity index (χ2n) is 31.2. The Morgan fingerprint density at radius 2 is 0.504 bits per heavy atom. The molecule has 8 aromatic carbocycles. The molecule has 0 unspecified atom stereocenters. The van der Waals surface area contributed by atoms with Crippen molar-refractivity contribution in [2.45, 2.75) is 6.92 Å². The standard InChI is InChI=1S/C25H22Cl2N4O3.C24H22Cl2N4O4S.2C24H22Cl2N4O2/c1-16(32)30-10-12-31(13-11-30)25(34)17-5-7-19(22(27)14-17)24(33)29-18-6-8-21(26)20(15-18)23-4-2-3-9-28-23;1-35(33,34)30-12-10-29(11-13-30)24(32)16-5-7-18(21(26)14-16)23(31)28-17-6-8-20(25)19(15-17)22-4-2-3-9-27-22;2*1-29-10-12-30(13-11-29)24(32)16-5-7-18(21(26)14-16)23(31)28-17-6-8-20(25)19(15-17)22-4-2-3-9-27-22/h2-9,14-15H,10-13H2,1H3,(H,29,33);2-9,14-15H,10-13H2,1H3,(H,28,31);2*2-9,14-15H,10-13H2,1H3,(H,28,31). The van der Waals surface area contributed by atoms with Gasteiger partial charge in [-0.05, 0) is 208 Å². The van der Waals surface area contributed by atoms with E-state index >= 15 is 0 Å². The zero-order valence-electron chi connectivity index (χ0n) is 72.2. The first-order valence-electron chi connectivity index (χ1n) is 41.8. The number of likely N-dealkylation sites (N-methyl/N-ethyl adjacent to an activating group) is 2. The number of rotatable bonds is 17. The van der Waals surface area contributed by atoms with Gasteiger partial charge in [0.05, 0.1) is 91.5 Å². The van der Waals surface area contributed by atoms with Gasteiger partial charge in [-0.15, -0.1) is 0 Å². The minimum atomic E-state index is -3.29. The quantitative estimate of drug-likeness (QED) is 0.0658. The van der Waals surface area contributed by atoms with Gasteiger partial charge >= 0.3 is 0 Å². The fraction of sp³-hybridized carbons (Fsp3) is 0.206. The number of nitrogens with zero attached hydrogens (tertiary/aromatic N) is 12. The first kappa shape index (κ1) is 98.2. The summed E-state index contributed by atoms with van der Waals surface area (Å²) in [5, 5.41) is 14.1. The van der Waals surface area contributed by atoms with Crippen LogP contribution in [0.5, 0.6) is 0 Å². The molecular formula is C97H88Cl8N16O11S. The van der Waals surface area contributed by atoms with Crippen LogP contribution in [0.1, 0.15) is 89.8 Å². The number of halogens is 8. The number of sulfonamides is 1. The Bertz CT molecular complexity index is 6270. The predicted octanol–water partition coefficient (Wildman–Crippen LogP) is 18.0. The summed E-state index contributed by atoms with van der Waals surface area (Å²) < 4.78 is 24.7. The summed E-state index contributed by atoms with van der Waals surface area (Å²) in [4.78, 5) is 144. The number of benzene rings is 8. The molecule has 27 nitrogen and oxygen atoms in total. The summed E-state index contributed by atoms with van der Waals surface area (Å²) in [7, 11) is 0.778. The normalized spacial score (nSPS) is 14.2. The maximum absolute atomic E-state index is 12.9. The van der Waals surface area contributed by atoms with E-state index < -0.39 is 21.8 Å². The van der Waals surface area contributed by atoms with Crippen LogP contribution in [0, 0.1) is 0 Å². The Balaban J connectivity index is 0.000000151. The fourth-order valence-corrected chi connectivity index (χ4v) is 17.4. The lowest BCUT2D eigenvalue weighted by Crippen LogP contribution is -2.50. The molecular weight excluding hydrogens is 1880 g/mol. The Labute approximate surface area is 808 Å². The molecule has 4 aliphatic heterocycles. The highest BCUT2D eigenvalue weighted by Crippen LogP contribution is 2.36. The molecule has 0 aliphatic carbocycles. The van der Waals surface area contributed by atoms with Crippen molar-refractivity contribution in [2.24, 2.45) is 0 Å². The average Bonchev–Trinajstić information content (AvgIpc) is 0.788. The van der Waals surface area contributed by atoms with E-state index in [4.69, 9.17) is 92.8 Å². The average molecular weight is 1970 g/mol. The number of amides is 9. The van der Waals surface area contributed by atoms with Crippen molar-refractivity contribution in [1.82, 2.24) is 58.5 Å². The molecule has 4 fully saturated rings. The predicted molar refractivity (Wildman–Crippen MR) is 524 cm³/mol. The van der Waals surface area contributed by atoms with Gasteiger partial charge in [-0.3, -0.25) is 63.1 Å². The molecule has 36 heteroatoms. The molecule has 4 aromatic heterocycles. The number of hydrogen-bond donors (Lipinski definition) is 4. The van der Waals surface area contributed by atoms with Gasteiger partial charge in [-0.2, -0.15) is 4.31 Å². The van der Waals surface area contributed by atoms with Crippen molar-refractivity contribution in [2.75, 3.05) is 146 Å². The van der Waals surface area contributed by atoms with Crippen molar-refractivity contribution >= 4 is 179 Å². The second-order valence-corrected chi connectivity index (χ2v) is 36.4. The molecule has 0 bridgehead atoms. The number of piperazine rings is 4. The highest BCUT2D eigenvalue weighted by Gasteiger charge is 2.31. The number of carbonyl (C=O) groups excluding carboxylic acids is 9. The van der Waals surface area contributed by atoms with Gasteiger partial charge in [0.2, 0.25) is 15.9 Å². The SMILES string of the molecule is CC(=O)N1CCN(C(=O)c2ccc(C(=O)Nc3ccc(Cl)c(-c4ccccn4)c3)c(Cl)c2)CC1.CN1CCN(C(=O)c2ccc(C(=O)Nc3ccc(Cl)c(-c4ccccn4)c3)c(Cl)c2)CC1.CN1CCN(C(=O)c2ccc(C(=O)Nc3ccc(Cl)c(-c4ccccn4)c3)c(Cl)c2)CC1.CS(=O)(=O)N1CCN(C(=O)c2ccc(C(=O)Nc3ccc(Cl)c(-c4ccccn4)c3)c(Cl)c2)CC1. The van der Waals surface area contributed by atoms with Crippen LogP contribution in [-0.2, 0) is 14.8 Å². The van der Waals surface area contributed by atoms with E-state index in [0.29, 0.717) is 162 Å². The summed E-state index contributed by atoms with van der Waals surface area (Å²) in [6.07, 6.45) is 7.84. The number of aromatic nitrogens is 4. The topological polar surface area (TPSA) is 313 Å². The molecule has 0 saturated carbocycles. The van der Waals surface area contributed by atoms with Crippen molar-refractivity contribution in [3.05, 3.63) is 328 Å². The van der Waals surface area contributed by atoms with E-state index in [2.05, 4.69) is 51.0 Å². The number of carbonyl (C=O) groups is 9. The Morgan fingerprint density at radius 1 is 0.278 bits per heavy atom. The summed E-state index contributed by atoms with van der Waals surface area (Å²) in [6.45, 7) is 10.5. The van der Waals surface area contributed by atoms with Crippen LogP contribution < -0.4 is 21.3 Å². The molecule has 16 rings (SSSR count). The maximum atomic E-state index is 12.9. The van der Waals surface area contributed by atoms with Crippen LogP contribution in [0.25, 0.3) is 45.0 Å². The summed E-state index contributed by atoms with van der Waals surface area (Å²) in [6, 6.07) is 61.3. The van der Waals surface area contributed by atoms with Crippen molar-refractivity contribution in [3.8, 4) is 45.0 Å². The smallest absolute Gasteiger partial charge is 0.257 e. The molecule has 12 aromatic rings. The third-order valence-corrected chi connectivity index (χ3v) is 26.0. The van der Waals surface area contributed by atoms with E-state index in [1.54, 1.807) is 171 Å². The lowest BCUT2D eigenvalue weighted by atomic mass is 10.1. The zero-order valence-corrected chi connectivity index (χ0v) is 79.1. The Morgan fingerprint density at radius 3 is 0.714 bits per heavy atom. The van der Waals surface area contributed by atoms with Crippen LogP contribution in [0.15, 0.2) is 243 Å². The molecule has 4 aliphatic rings. The lowest BCUT2D eigenvalue weighted by Gasteiger charge is -2.34. The molecule has 9 amide bonds. The van der Waals surface area contributed by atoms with Gasteiger partial charge in [-0.1, -0.05) is 117 Å². The minimum Gasteiger partial charge on any atom is -0.339 e. The molecule has 133 heavy (non-hydrogen) atoms. The zero-order chi connectivity index (χ0) is 94.7. The van der Waals surface area contributed by atoms with E-state index in [1.165, 1.54) is 41.6 Å². The third-order valence-electron chi connectivity index (χ3n) is 22.1. The minimum absolute atomic E-state index is 0.00153. The van der Waals surface area contributed by atoms with Gasteiger partial charge in [0.15, 0.2) is 0 Å². The van der Waals surface area contributed by atoms with Crippen molar-refractivity contribution < 1.29 is 51.6 Å². The first-order valence-corrected chi connectivity index (χ1v) is 46.7. The molecule has 0 radical (unpaired) electrons. The van der Waals surface area contributed by atoms with Crippen LogP contribution in [0.2, 0.25) is 40.2 Å². The van der Waals surface area contributed by atoms with Crippen LogP contribution in [0.4, 0.5) is 22.7 Å². The van der Waals surface area contributed by atoms with Crippen molar-refractivity contribution in [1.29, 1.82) is 0 Å². The van der Waals surface area contributed by atoms with E-state index in [1.807, 2.05) is 80.8 Å². The summed E-state index contributed by atoms with van der Waals surface area (Å²) in [5.74, 6) is -2.21. The summed E-state index contributed by atoms with van der Waals surface area (Å²) in [5.41, 5.74) is 10.4. The van der Waals surface area contributed by atoms with Crippen LogP contribution in [0.3, 0.4) is 0 Å². The maximum Gasteiger partial charge on any atom is 0.257 e. The van der Waals surface area contributed by atoms with Gasteiger partial charge in [0.25, 0.3) is 47.3 Å². The number of anilines is 4. The van der Waals surface area contributed by atoms with Crippen LogP contribution >= 0.6 is 92.8 Å². The molecule has 4 N–H and O–H groups in total. The largest absolute Gasteiger partial charge is 0.339 e. The van der Waals surface area contributed by atoms with E-state index in [9.17, 15) is 51.6 Å².